The maximum absolute atomic E-state index is 10.8. The third-order valence-corrected chi connectivity index (χ3v) is 3.70. The van der Waals surface area contributed by atoms with Gasteiger partial charge in [-0.3, -0.25) is 0 Å². The first-order valence-electron chi connectivity index (χ1n) is 5.41. The molecule has 0 aromatic heterocycles. The zero-order chi connectivity index (χ0) is 12.9. The van der Waals surface area contributed by atoms with Gasteiger partial charge >= 0.3 is 0 Å². The fraction of sp³-hybridized carbons (Fsp3) is 0.455. The Bertz CT molecular complexity index is 462. The first-order valence-corrected chi connectivity index (χ1v) is 7.92. The maximum atomic E-state index is 10.8. The molecule has 1 rings (SSSR count). The van der Waals surface area contributed by atoms with Gasteiger partial charge in [-0.25, -0.2) is 13.6 Å². The quantitative estimate of drug-likeness (QED) is 0.839. The lowest BCUT2D eigenvalue weighted by Gasteiger charge is -2.17. The van der Waals surface area contributed by atoms with Crippen LogP contribution in [0, 0.1) is 0 Å². The Labute approximate surface area is 111 Å². The van der Waals surface area contributed by atoms with Gasteiger partial charge in [-0.05, 0) is 24.1 Å². The number of nitrogens with two attached hydrogens (primary N) is 1. The van der Waals surface area contributed by atoms with Crippen LogP contribution in [0.3, 0.4) is 0 Å². The first-order chi connectivity index (χ1) is 7.92. The van der Waals surface area contributed by atoms with Gasteiger partial charge in [-0.1, -0.05) is 35.0 Å². The molecule has 96 valence electrons. The predicted molar refractivity (Wildman–Crippen MR) is 73.2 cm³/mol. The minimum absolute atomic E-state index is 0.0441. The van der Waals surface area contributed by atoms with Crippen LogP contribution in [0.15, 0.2) is 28.7 Å². The molecule has 0 heterocycles. The highest BCUT2D eigenvalue weighted by molar-refractivity contribution is 9.10. The van der Waals surface area contributed by atoms with E-state index in [1.807, 2.05) is 24.3 Å². The number of sulfonamides is 1. The Kier molecular flexibility index (Phi) is 5.58. The molecule has 0 saturated carbocycles. The second-order valence-electron chi connectivity index (χ2n) is 3.84. The molecule has 0 amide bonds. The van der Waals surface area contributed by atoms with Crippen LogP contribution < -0.4 is 10.5 Å². The van der Waals surface area contributed by atoms with Crippen molar-refractivity contribution in [3.05, 3.63) is 34.3 Å². The van der Waals surface area contributed by atoms with Gasteiger partial charge in [0.05, 0.1) is 5.75 Å². The number of nitrogens with one attached hydrogen (secondary N) is 1. The molecule has 1 atom stereocenters. The highest BCUT2D eigenvalue weighted by Crippen LogP contribution is 2.20. The number of primary sulfonamides is 1. The van der Waals surface area contributed by atoms with Crippen LogP contribution in [0.5, 0.6) is 0 Å². The van der Waals surface area contributed by atoms with Gasteiger partial charge < -0.3 is 5.32 Å². The molecular formula is C11H17BrN2O2S. The van der Waals surface area contributed by atoms with E-state index in [4.69, 9.17) is 5.14 Å². The van der Waals surface area contributed by atoms with E-state index in [1.165, 1.54) is 0 Å². The highest BCUT2D eigenvalue weighted by Gasteiger charge is 2.10. The van der Waals surface area contributed by atoms with E-state index in [2.05, 4.69) is 28.2 Å². The monoisotopic (exact) mass is 320 g/mol. The lowest BCUT2D eigenvalue weighted by molar-refractivity contribution is 0.531. The van der Waals surface area contributed by atoms with Gasteiger partial charge in [0.25, 0.3) is 0 Å². The molecule has 0 bridgehead atoms. The SMILES string of the molecule is CCC(NCCS(N)(=O)=O)c1cccc(Br)c1. The fourth-order valence-corrected chi connectivity index (χ4v) is 2.42. The van der Waals surface area contributed by atoms with Crippen molar-refractivity contribution < 1.29 is 8.42 Å². The van der Waals surface area contributed by atoms with Gasteiger partial charge in [0, 0.05) is 17.1 Å². The van der Waals surface area contributed by atoms with Gasteiger partial charge in [-0.2, -0.15) is 0 Å². The molecule has 3 N–H and O–H groups in total. The second-order valence-corrected chi connectivity index (χ2v) is 6.49. The third kappa shape index (κ3) is 5.63. The standard InChI is InChI=1S/C11H17BrN2O2S/c1-2-11(14-6-7-17(13,15)16)9-4-3-5-10(12)8-9/h3-5,8,11,14H,2,6-7H2,1H3,(H2,13,15,16). The Morgan fingerprint density at radius 3 is 2.71 bits per heavy atom. The molecule has 0 spiro atoms. The molecule has 1 aromatic carbocycles. The molecule has 0 aliphatic heterocycles. The van der Waals surface area contributed by atoms with Crippen molar-refractivity contribution in [3.8, 4) is 0 Å². The van der Waals surface area contributed by atoms with Crippen LogP contribution in [0.2, 0.25) is 0 Å². The summed E-state index contributed by atoms with van der Waals surface area (Å²) in [5.74, 6) is -0.0441. The van der Waals surface area contributed by atoms with Crippen molar-refractivity contribution in [1.29, 1.82) is 0 Å². The van der Waals surface area contributed by atoms with Crippen molar-refractivity contribution in [2.24, 2.45) is 5.14 Å². The van der Waals surface area contributed by atoms with E-state index in [-0.39, 0.29) is 11.8 Å². The Hall–Kier alpha value is -0.430. The van der Waals surface area contributed by atoms with Crippen LogP contribution in [-0.4, -0.2) is 20.7 Å². The van der Waals surface area contributed by atoms with Gasteiger partial charge in [-0.15, -0.1) is 0 Å². The summed E-state index contributed by atoms with van der Waals surface area (Å²) < 4.78 is 22.7. The summed E-state index contributed by atoms with van der Waals surface area (Å²) in [7, 11) is -3.39. The number of rotatable bonds is 6. The topological polar surface area (TPSA) is 72.2 Å². The van der Waals surface area contributed by atoms with E-state index in [0.717, 1.165) is 16.5 Å². The van der Waals surface area contributed by atoms with E-state index in [9.17, 15) is 8.42 Å². The van der Waals surface area contributed by atoms with Crippen LogP contribution in [0.4, 0.5) is 0 Å². The summed E-state index contributed by atoms with van der Waals surface area (Å²) in [5, 5.41) is 8.14. The van der Waals surface area contributed by atoms with E-state index in [1.54, 1.807) is 0 Å². The molecule has 0 saturated heterocycles. The minimum Gasteiger partial charge on any atom is -0.309 e. The number of benzene rings is 1. The van der Waals surface area contributed by atoms with Crippen molar-refractivity contribution in [3.63, 3.8) is 0 Å². The predicted octanol–water partition coefficient (Wildman–Crippen LogP) is 1.78. The van der Waals surface area contributed by atoms with E-state index < -0.39 is 10.0 Å². The average molecular weight is 321 g/mol. The summed E-state index contributed by atoms with van der Waals surface area (Å²) in [6.45, 7) is 2.42. The van der Waals surface area contributed by atoms with E-state index >= 15 is 0 Å². The third-order valence-electron chi connectivity index (χ3n) is 2.44. The van der Waals surface area contributed by atoms with Crippen molar-refractivity contribution in [2.45, 2.75) is 19.4 Å². The maximum Gasteiger partial charge on any atom is 0.210 e. The van der Waals surface area contributed by atoms with Crippen molar-refractivity contribution in [1.82, 2.24) is 5.32 Å². The number of halogens is 1. The Morgan fingerprint density at radius 2 is 2.18 bits per heavy atom. The summed E-state index contributed by atoms with van der Waals surface area (Å²) in [4.78, 5) is 0. The Morgan fingerprint density at radius 1 is 1.47 bits per heavy atom. The molecule has 1 aromatic rings. The number of hydrogen-bond donors (Lipinski definition) is 2. The molecule has 6 heteroatoms. The highest BCUT2D eigenvalue weighted by atomic mass is 79.9. The zero-order valence-corrected chi connectivity index (χ0v) is 12.1. The lowest BCUT2D eigenvalue weighted by atomic mass is 10.1. The molecule has 0 fully saturated rings. The molecule has 0 radical (unpaired) electrons. The number of hydrogen-bond acceptors (Lipinski definition) is 3. The molecule has 1 unspecified atom stereocenters. The van der Waals surface area contributed by atoms with Crippen LogP contribution in [0.1, 0.15) is 24.9 Å². The first kappa shape index (κ1) is 14.6. The summed E-state index contributed by atoms with van der Waals surface area (Å²) in [5.41, 5.74) is 1.14. The molecule has 0 aliphatic carbocycles. The summed E-state index contributed by atoms with van der Waals surface area (Å²) in [6, 6.07) is 8.11. The summed E-state index contributed by atoms with van der Waals surface area (Å²) in [6.07, 6.45) is 0.890. The average Bonchev–Trinajstić information content (AvgIpc) is 2.23. The molecule has 17 heavy (non-hydrogen) atoms. The van der Waals surface area contributed by atoms with Gasteiger partial charge in [0.1, 0.15) is 0 Å². The van der Waals surface area contributed by atoms with Crippen LogP contribution in [-0.2, 0) is 10.0 Å². The second kappa shape index (κ2) is 6.49. The van der Waals surface area contributed by atoms with Crippen LogP contribution >= 0.6 is 15.9 Å². The molecule has 4 nitrogen and oxygen atoms in total. The van der Waals surface area contributed by atoms with Crippen LogP contribution in [0.25, 0.3) is 0 Å². The van der Waals surface area contributed by atoms with E-state index in [0.29, 0.717) is 6.54 Å². The van der Waals surface area contributed by atoms with Gasteiger partial charge in [0.2, 0.25) is 10.0 Å². The Balaban J connectivity index is 2.60. The molecule has 0 aliphatic rings. The summed E-state index contributed by atoms with van der Waals surface area (Å²) >= 11 is 3.42. The fourth-order valence-electron chi connectivity index (χ4n) is 1.60. The smallest absolute Gasteiger partial charge is 0.210 e. The van der Waals surface area contributed by atoms with Crippen molar-refractivity contribution in [2.75, 3.05) is 12.3 Å². The molecular weight excluding hydrogens is 304 g/mol. The van der Waals surface area contributed by atoms with Crippen molar-refractivity contribution >= 4 is 26.0 Å². The minimum atomic E-state index is -3.39. The van der Waals surface area contributed by atoms with Gasteiger partial charge in [0.15, 0.2) is 0 Å². The normalized spacial score (nSPS) is 13.6. The zero-order valence-electron chi connectivity index (χ0n) is 9.69. The lowest BCUT2D eigenvalue weighted by Crippen LogP contribution is -2.29. The largest absolute Gasteiger partial charge is 0.309 e.